The number of aromatic hydroxyl groups is 1. The molecule has 0 aromatic heterocycles. The van der Waals surface area contributed by atoms with E-state index in [1.807, 2.05) is 6.92 Å². The average molecular weight is 896 g/mol. The summed E-state index contributed by atoms with van der Waals surface area (Å²) in [6.45, 7) is 2.88. The van der Waals surface area contributed by atoms with Gasteiger partial charge in [0.25, 0.3) is 0 Å². The molecule has 2 aromatic rings. The van der Waals surface area contributed by atoms with E-state index in [2.05, 4.69) is 38.8 Å². The zero-order chi connectivity index (χ0) is 47.1. The molecule has 0 radical (unpaired) electrons. The Morgan fingerprint density at radius 1 is 0.828 bits per heavy atom. The van der Waals surface area contributed by atoms with Crippen LogP contribution in [0.3, 0.4) is 0 Å². The molecule has 64 heavy (non-hydrogen) atoms. The number of aryl methyl sites for hydroxylation is 1. The number of rotatable bonds is 25. The number of phenols is 1. The molecule has 6 amide bonds. The van der Waals surface area contributed by atoms with Crippen molar-refractivity contribution in [3.63, 3.8) is 0 Å². The van der Waals surface area contributed by atoms with Gasteiger partial charge in [-0.2, -0.15) is 0 Å². The Morgan fingerprint density at radius 2 is 1.47 bits per heavy atom. The molecule has 2 aromatic carbocycles. The summed E-state index contributed by atoms with van der Waals surface area (Å²) >= 11 is 0. The third-order valence-corrected chi connectivity index (χ3v) is 11.4. The molecule has 1 aliphatic rings. The van der Waals surface area contributed by atoms with Crippen LogP contribution in [0.15, 0.2) is 36.4 Å². The van der Waals surface area contributed by atoms with E-state index < -0.39 is 79.6 Å². The molecular formula is C47H73N7O10. The highest BCUT2D eigenvalue weighted by atomic mass is 16.3. The lowest BCUT2D eigenvalue weighted by atomic mass is 9.91. The standard InChI is InChI=1S/C47H73N7O10/c1-5-6-7-8-9-10-11-12-13-14-15-16-17-18-40(58)52-38(30-56)45(62)50-28-41(59)49-29-42(60)54(4)43-34-21-19-32(2)35(27-34)36-25-33(20-22-39(36)57)26-37(44(61)48-23-24-55)53-47(3,64)31-51-46(43)63/h19-22,25,27,37-38,43,53,55-57,64H,5-18,23-24,26,28-31H2,1-4H3,(H,48,61)(H,49,59)(H,50,62)(H,51,63)(H,52,58)/t37-,38+,43-,47?/m0/s1. The van der Waals surface area contributed by atoms with Crippen LogP contribution in [0.1, 0.15) is 126 Å². The molecule has 10 N–H and O–H groups in total. The van der Waals surface area contributed by atoms with E-state index in [-0.39, 0.29) is 37.6 Å². The van der Waals surface area contributed by atoms with Crippen LogP contribution in [0.2, 0.25) is 0 Å². The highest BCUT2D eigenvalue weighted by Gasteiger charge is 2.34. The van der Waals surface area contributed by atoms with Crippen LogP contribution in [0.25, 0.3) is 11.1 Å². The van der Waals surface area contributed by atoms with Crippen molar-refractivity contribution in [2.24, 2.45) is 0 Å². The number of hydrogen-bond acceptors (Lipinski definition) is 11. The molecule has 3 rings (SSSR count). The first-order valence-electron chi connectivity index (χ1n) is 22.9. The number of carbonyl (C=O) groups is 6. The number of aliphatic hydroxyl groups excluding tert-OH is 2. The van der Waals surface area contributed by atoms with Crippen molar-refractivity contribution in [2.75, 3.05) is 46.4 Å². The van der Waals surface area contributed by atoms with Gasteiger partial charge in [0.15, 0.2) is 0 Å². The second-order valence-electron chi connectivity index (χ2n) is 17.0. The maximum Gasteiger partial charge on any atom is 0.247 e. The van der Waals surface area contributed by atoms with Crippen LogP contribution >= 0.6 is 0 Å². The fourth-order valence-corrected chi connectivity index (χ4v) is 7.67. The minimum atomic E-state index is -1.84. The Morgan fingerprint density at radius 3 is 2.09 bits per heavy atom. The number of nitrogens with zero attached hydrogens (tertiary/aromatic N) is 1. The van der Waals surface area contributed by atoms with Gasteiger partial charge in [0, 0.05) is 25.6 Å². The van der Waals surface area contributed by atoms with E-state index in [9.17, 15) is 49.2 Å². The molecule has 0 saturated heterocycles. The molecule has 17 heteroatoms. The van der Waals surface area contributed by atoms with Crippen LogP contribution < -0.4 is 31.9 Å². The summed E-state index contributed by atoms with van der Waals surface area (Å²) in [5.74, 6) is -3.87. The number of likely N-dealkylation sites (N-methyl/N-ethyl adjacent to an activating group) is 1. The van der Waals surface area contributed by atoms with Gasteiger partial charge in [0.2, 0.25) is 35.4 Å². The number of unbranched alkanes of at least 4 members (excludes halogenated alkanes) is 12. The second kappa shape index (κ2) is 27.9. The third kappa shape index (κ3) is 18.2. The van der Waals surface area contributed by atoms with Crippen molar-refractivity contribution in [2.45, 2.75) is 141 Å². The van der Waals surface area contributed by atoms with Crippen molar-refractivity contribution in [3.05, 3.63) is 53.1 Å². The molecule has 1 heterocycles. The lowest BCUT2D eigenvalue weighted by molar-refractivity contribution is -0.140. The predicted molar refractivity (Wildman–Crippen MR) is 243 cm³/mol. The molecule has 0 spiro atoms. The smallest absolute Gasteiger partial charge is 0.247 e. The van der Waals surface area contributed by atoms with E-state index in [0.717, 1.165) is 29.7 Å². The van der Waals surface area contributed by atoms with Crippen molar-refractivity contribution in [1.82, 2.24) is 36.8 Å². The van der Waals surface area contributed by atoms with Gasteiger partial charge in [-0.05, 0) is 67.1 Å². The summed E-state index contributed by atoms with van der Waals surface area (Å²) in [5, 5.41) is 56.8. The van der Waals surface area contributed by atoms with Gasteiger partial charge in [0.05, 0.1) is 38.9 Å². The first kappa shape index (κ1) is 53.2. The molecule has 17 nitrogen and oxygen atoms in total. The second-order valence-corrected chi connectivity index (χ2v) is 17.0. The summed E-state index contributed by atoms with van der Waals surface area (Å²) in [7, 11) is 1.37. The Kier molecular flexibility index (Phi) is 23.2. The third-order valence-electron chi connectivity index (χ3n) is 11.4. The van der Waals surface area contributed by atoms with Crippen molar-refractivity contribution in [1.29, 1.82) is 0 Å². The Labute approximate surface area is 377 Å². The number of fused-ring (bicyclic) bond motifs is 5. The van der Waals surface area contributed by atoms with E-state index in [4.69, 9.17) is 0 Å². The minimum absolute atomic E-state index is 0.0245. The molecule has 4 bridgehead atoms. The highest BCUT2D eigenvalue weighted by Crippen LogP contribution is 2.35. The Bertz CT molecular complexity index is 1840. The fraction of sp³-hybridized carbons (Fsp3) is 0.617. The molecule has 0 saturated carbocycles. The van der Waals surface area contributed by atoms with E-state index in [1.54, 1.807) is 30.3 Å². The van der Waals surface area contributed by atoms with Crippen LogP contribution in [0.4, 0.5) is 0 Å². The summed E-state index contributed by atoms with van der Waals surface area (Å²) < 4.78 is 0. The summed E-state index contributed by atoms with van der Waals surface area (Å²) in [5.41, 5.74) is 0.842. The lowest BCUT2D eigenvalue weighted by Gasteiger charge is -2.33. The zero-order valence-electron chi connectivity index (χ0n) is 38.2. The number of nitrogens with one attached hydrogen (secondary N) is 6. The monoisotopic (exact) mass is 896 g/mol. The highest BCUT2D eigenvalue weighted by molar-refractivity contribution is 5.93. The van der Waals surface area contributed by atoms with Crippen LogP contribution in [0, 0.1) is 6.92 Å². The average Bonchev–Trinajstić information content (AvgIpc) is 3.27. The molecule has 1 aliphatic heterocycles. The van der Waals surface area contributed by atoms with Crippen molar-refractivity contribution >= 4 is 35.4 Å². The minimum Gasteiger partial charge on any atom is -0.507 e. The number of phenolic OH excluding ortho intramolecular Hbond substituents is 1. The SMILES string of the molecule is CCCCCCCCCCCCCCCC(=O)N[C@H](CO)C(=O)NCC(=O)NCC(=O)N(C)[C@@H]1C(=O)NCC(C)(O)N[C@H](C(=O)NCCO)Cc2ccc(O)c(c2)-c2cc1ccc2C. The Balaban J connectivity index is 1.57. The molecule has 1 unspecified atom stereocenters. The van der Waals surface area contributed by atoms with Gasteiger partial charge < -0.3 is 51.9 Å². The summed E-state index contributed by atoms with van der Waals surface area (Å²) in [6, 6.07) is 6.29. The predicted octanol–water partition coefficient (Wildman–Crippen LogP) is 2.51. The normalized spacial score (nSPS) is 17.9. The molecule has 4 atom stereocenters. The molecular weight excluding hydrogens is 823 g/mol. The van der Waals surface area contributed by atoms with E-state index >= 15 is 0 Å². The summed E-state index contributed by atoms with van der Waals surface area (Å²) in [4.78, 5) is 79.9. The van der Waals surface area contributed by atoms with E-state index in [1.165, 1.54) is 77.8 Å². The number of β-amino-alcohol motifs (C(OH)–C–C–N with tert-alkyl or cyclic N) is 1. The first-order chi connectivity index (χ1) is 30.6. The number of carbonyl (C=O) groups excluding carboxylic acids is 6. The maximum atomic E-state index is 14.0. The van der Waals surface area contributed by atoms with Crippen LogP contribution in [-0.2, 0) is 35.2 Å². The molecule has 0 aliphatic carbocycles. The largest absolute Gasteiger partial charge is 0.507 e. The number of aliphatic hydroxyl groups is 3. The topological polar surface area (TPSA) is 259 Å². The van der Waals surface area contributed by atoms with Gasteiger partial charge >= 0.3 is 0 Å². The number of amides is 6. The fourth-order valence-electron chi connectivity index (χ4n) is 7.67. The van der Waals surface area contributed by atoms with Gasteiger partial charge in [-0.25, -0.2) is 0 Å². The van der Waals surface area contributed by atoms with Gasteiger partial charge in [0.1, 0.15) is 23.6 Å². The van der Waals surface area contributed by atoms with Crippen molar-refractivity contribution in [3.8, 4) is 16.9 Å². The van der Waals surface area contributed by atoms with Gasteiger partial charge in [-0.1, -0.05) is 102 Å². The van der Waals surface area contributed by atoms with Crippen molar-refractivity contribution < 1.29 is 49.2 Å². The first-order valence-corrected chi connectivity index (χ1v) is 22.9. The molecule has 0 fully saturated rings. The Hall–Kier alpha value is -5.10. The quantitative estimate of drug-likeness (QED) is 0.0648. The van der Waals surface area contributed by atoms with Gasteiger partial charge in [-0.3, -0.25) is 34.1 Å². The number of hydrogen-bond donors (Lipinski definition) is 10. The zero-order valence-corrected chi connectivity index (χ0v) is 38.2. The maximum absolute atomic E-state index is 14.0. The van der Waals surface area contributed by atoms with Gasteiger partial charge in [-0.15, -0.1) is 0 Å². The van der Waals surface area contributed by atoms with Crippen LogP contribution in [-0.4, -0.2) is 125 Å². The summed E-state index contributed by atoms with van der Waals surface area (Å²) in [6.07, 6.45) is 15.5. The lowest BCUT2D eigenvalue weighted by Crippen LogP contribution is -2.60. The number of benzene rings is 2. The van der Waals surface area contributed by atoms with Crippen LogP contribution in [0.5, 0.6) is 5.75 Å². The molecule has 356 valence electrons. The van der Waals surface area contributed by atoms with E-state index in [0.29, 0.717) is 28.7 Å².